The second-order valence-electron chi connectivity index (χ2n) is 4.78. The summed E-state index contributed by atoms with van der Waals surface area (Å²) in [6, 6.07) is 7.21. The molecule has 0 spiro atoms. The summed E-state index contributed by atoms with van der Waals surface area (Å²) in [5.74, 6) is -1.03. The monoisotopic (exact) mass is 396 g/mol. The Morgan fingerprint density at radius 3 is 2.83 bits per heavy atom. The number of carbonyl (C=O) groups excluding carboxylic acids is 1. The summed E-state index contributed by atoms with van der Waals surface area (Å²) in [7, 11) is 0. The number of halogens is 2. The number of nitrogens with zero attached hydrogens (tertiary/aromatic N) is 1. The molecule has 2 rings (SSSR count). The number of esters is 1. The zero-order valence-corrected chi connectivity index (χ0v) is 14.9. The van der Waals surface area contributed by atoms with Crippen LogP contribution in [-0.2, 0) is 14.3 Å². The molecule has 0 saturated heterocycles. The van der Waals surface area contributed by atoms with Gasteiger partial charge in [-0.25, -0.2) is 4.79 Å². The largest absolute Gasteiger partial charge is 0.463 e. The minimum Gasteiger partial charge on any atom is -0.463 e. The van der Waals surface area contributed by atoms with E-state index < -0.39 is 11.9 Å². The molecule has 23 heavy (non-hydrogen) atoms. The van der Waals surface area contributed by atoms with Gasteiger partial charge in [-0.05, 0) is 31.5 Å². The Bertz CT molecular complexity index is 765. The number of nitrogens with two attached hydrogens (primary N) is 1. The maximum absolute atomic E-state index is 12.4. The summed E-state index contributed by atoms with van der Waals surface area (Å²) < 4.78 is 11.2. The quantitative estimate of drug-likeness (QED) is 0.785. The Labute approximate surface area is 147 Å². The predicted octanol–water partition coefficient (Wildman–Crippen LogP) is 3.75. The lowest BCUT2D eigenvalue weighted by atomic mass is 9.83. The van der Waals surface area contributed by atoms with Crippen LogP contribution in [0, 0.1) is 11.3 Å². The highest BCUT2D eigenvalue weighted by Crippen LogP contribution is 2.42. The van der Waals surface area contributed by atoms with Crippen molar-refractivity contribution in [1.82, 2.24) is 0 Å². The van der Waals surface area contributed by atoms with Crippen LogP contribution in [0.5, 0.6) is 0 Å². The van der Waals surface area contributed by atoms with Gasteiger partial charge in [0.1, 0.15) is 17.4 Å². The second-order valence-corrected chi connectivity index (χ2v) is 6.10. The van der Waals surface area contributed by atoms with Gasteiger partial charge < -0.3 is 15.2 Å². The topological polar surface area (TPSA) is 85.3 Å². The lowest BCUT2D eigenvalue weighted by Gasteiger charge is -2.27. The third-order valence-corrected chi connectivity index (χ3v) is 4.20. The Morgan fingerprint density at radius 1 is 1.57 bits per heavy atom. The van der Waals surface area contributed by atoms with Crippen LogP contribution >= 0.6 is 27.5 Å². The normalized spacial score (nSPS) is 17.6. The zero-order chi connectivity index (χ0) is 17.1. The lowest BCUT2D eigenvalue weighted by Crippen LogP contribution is -2.25. The van der Waals surface area contributed by atoms with Crippen LogP contribution in [0.1, 0.15) is 25.3 Å². The fourth-order valence-electron chi connectivity index (χ4n) is 2.40. The van der Waals surface area contributed by atoms with E-state index in [0.29, 0.717) is 16.3 Å². The molecule has 5 nitrogen and oxygen atoms in total. The van der Waals surface area contributed by atoms with E-state index in [0.717, 1.165) is 4.47 Å². The number of allylic oxidation sites excluding steroid dienone is 2. The fraction of sp³-hybridized carbons (Fsp3) is 0.250. The Hall–Kier alpha value is -1.97. The Morgan fingerprint density at radius 2 is 2.26 bits per heavy atom. The van der Waals surface area contributed by atoms with Crippen molar-refractivity contribution in [3.63, 3.8) is 0 Å². The van der Waals surface area contributed by atoms with Crippen LogP contribution in [0.2, 0.25) is 5.02 Å². The molecule has 120 valence electrons. The van der Waals surface area contributed by atoms with Gasteiger partial charge in [-0.15, -0.1) is 0 Å². The van der Waals surface area contributed by atoms with Crippen molar-refractivity contribution in [3.8, 4) is 6.07 Å². The number of ether oxygens (including phenoxy) is 2. The van der Waals surface area contributed by atoms with Gasteiger partial charge in [0.25, 0.3) is 0 Å². The summed E-state index contributed by atoms with van der Waals surface area (Å²) in [6.07, 6.45) is 0. The standard InChI is InChI=1S/C16H14BrClN2O3/c1-3-22-16(21)13-8(2)23-15(20)11(7-19)14(13)10-5-4-9(17)6-12(10)18/h4-6,14H,3,20H2,1-2H3. The van der Waals surface area contributed by atoms with E-state index in [1.165, 1.54) is 0 Å². The second kappa shape index (κ2) is 7.07. The fourth-order valence-corrected chi connectivity index (χ4v) is 3.18. The molecular weight excluding hydrogens is 384 g/mol. The average molecular weight is 398 g/mol. The molecule has 1 atom stereocenters. The van der Waals surface area contributed by atoms with Gasteiger partial charge in [0.05, 0.1) is 18.1 Å². The molecule has 1 aromatic carbocycles. The van der Waals surface area contributed by atoms with Gasteiger partial charge in [-0.3, -0.25) is 0 Å². The third-order valence-electron chi connectivity index (χ3n) is 3.37. The molecule has 0 saturated carbocycles. The first-order valence-corrected chi connectivity index (χ1v) is 7.98. The van der Waals surface area contributed by atoms with Crippen molar-refractivity contribution in [3.05, 3.63) is 56.0 Å². The first-order chi connectivity index (χ1) is 10.9. The summed E-state index contributed by atoms with van der Waals surface area (Å²) in [4.78, 5) is 12.4. The average Bonchev–Trinajstić information content (AvgIpc) is 2.46. The van der Waals surface area contributed by atoms with Crippen molar-refractivity contribution in [2.75, 3.05) is 6.61 Å². The molecule has 1 aromatic rings. The zero-order valence-electron chi connectivity index (χ0n) is 12.5. The highest BCUT2D eigenvalue weighted by atomic mass is 79.9. The highest BCUT2D eigenvalue weighted by molar-refractivity contribution is 9.10. The van der Waals surface area contributed by atoms with E-state index in [1.807, 2.05) is 6.07 Å². The minimum atomic E-state index is -0.728. The number of carbonyl (C=O) groups is 1. The maximum atomic E-state index is 12.4. The van der Waals surface area contributed by atoms with Crippen LogP contribution in [-0.4, -0.2) is 12.6 Å². The smallest absolute Gasteiger partial charge is 0.338 e. The number of benzene rings is 1. The molecule has 2 N–H and O–H groups in total. The van der Waals surface area contributed by atoms with Crippen LogP contribution in [0.15, 0.2) is 45.5 Å². The SMILES string of the molecule is CCOC(=O)C1=C(C)OC(N)=C(C#N)C1c1ccc(Br)cc1Cl. The lowest BCUT2D eigenvalue weighted by molar-refractivity contribution is -0.139. The molecule has 1 heterocycles. The Balaban J connectivity index is 2.66. The van der Waals surface area contributed by atoms with Crippen molar-refractivity contribution in [2.45, 2.75) is 19.8 Å². The summed E-state index contributed by atoms with van der Waals surface area (Å²) in [5, 5.41) is 9.86. The molecule has 1 aliphatic heterocycles. The molecule has 0 aromatic heterocycles. The van der Waals surface area contributed by atoms with Gasteiger partial charge in [0.2, 0.25) is 5.88 Å². The minimum absolute atomic E-state index is 0.0398. The van der Waals surface area contributed by atoms with E-state index >= 15 is 0 Å². The van der Waals surface area contributed by atoms with Crippen LogP contribution in [0.25, 0.3) is 0 Å². The molecule has 0 radical (unpaired) electrons. The molecule has 0 aliphatic carbocycles. The van der Waals surface area contributed by atoms with E-state index in [4.69, 9.17) is 26.8 Å². The Kier molecular flexibility index (Phi) is 5.34. The molecule has 0 bridgehead atoms. The highest BCUT2D eigenvalue weighted by Gasteiger charge is 2.37. The number of hydrogen-bond donors (Lipinski definition) is 1. The van der Waals surface area contributed by atoms with Crippen molar-refractivity contribution in [2.24, 2.45) is 5.73 Å². The van der Waals surface area contributed by atoms with E-state index in [1.54, 1.807) is 32.0 Å². The van der Waals surface area contributed by atoms with Gasteiger partial charge in [0.15, 0.2) is 0 Å². The molecule has 7 heteroatoms. The van der Waals surface area contributed by atoms with E-state index in [2.05, 4.69) is 15.9 Å². The third kappa shape index (κ3) is 3.36. The van der Waals surface area contributed by atoms with Crippen LogP contribution in [0.3, 0.4) is 0 Å². The van der Waals surface area contributed by atoms with Gasteiger partial charge in [0, 0.05) is 9.50 Å². The van der Waals surface area contributed by atoms with E-state index in [-0.39, 0.29) is 23.6 Å². The molecule has 1 unspecified atom stereocenters. The number of nitriles is 1. The first-order valence-electron chi connectivity index (χ1n) is 6.81. The van der Waals surface area contributed by atoms with Gasteiger partial charge >= 0.3 is 5.97 Å². The van der Waals surface area contributed by atoms with Crippen molar-refractivity contribution < 1.29 is 14.3 Å². The van der Waals surface area contributed by atoms with Crippen molar-refractivity contribution >= 4 is 33.5 Å². The molecule has 0 amide bonds. The van der Waals surface area contributed by atoms with Crippen LogP contribution < -0.4 is 5.73 Å². The molecular formula is C16H14BrClN2O3. The van der Waals surface area contributed by atoms with Crippen molar-refractivity contribution in [1.29, 1.82) is 5.26 Å². The van der Waals surface area contributed by atoms with Crippen LogP contribution in [0.4, 0.5) is 0 Å². The number of rotatable bonds is 3. The summed E-state index contributed by atoms with van der Waals surface area (Å²) >= 11 is 9.64. The number of hydrogen-bond acceptors (Lipinski definition) is 5. The van der Waals surface area contributed by atoms with Gasteiger partial charge in [-0.1, -0.05) is 33.6 Å². The maximum Gasteiger partial charge on any atom is 0.338 e. The first kappa shape index (κ1) is 17.4. The molecule has 0 fully saturated rings. The van der Waals surface area contributed by atoms with Gasteiger partial charge in [-0.2, -0.15) is 5.26 Å². The predicted molar refractivity (Wildman–Crippen MR) is 89.1 cm³/mol. The van der Waals surface area contributed by atoms with E-state index in [9.17, 15) is 10.1 Å². The summed E-state index contributed by atoms with van der Waals surface area (Å²) in [5.41, 5.74) is 6.76. The molecule has 1 aliphatic rings. The summed E-state index contributed by atoms with van der Waals surface area (Å²) in [6.45, 7) is 3.51.